The quantitative estimate of drug-likeness (QED) is 0.512. The lowest BCUT2D eigenvalue weighted by Gasteiger charge is -2.46. The predicted octanol–water partition coefficient (Wildman–Crippen LogP) is 1.66. The fraction of sp³-hybridized carbons (Fsp3) is 0.778. The van der Waals surface area contributed by atoms with Gasteiger partial charge in [-0.05, 0) is 6.42 Å². The van der Waals surface area contributed by atoms with Crippen molar-refractivity contribution in [2.45, 2.75) is 78.5 Å². The summed E-state index contributed by atoms with van der Waals surface area (Å²) in [7, 11) is 0. The molecule has 0 amide bonds. The Morgan fingerprint density at radius 3 is 2.15 bits per heavy atom. The van der Waals surface area contributed by atoms with E-state index in [-0.39, 0.29) is 6.42 Å². The summed E-state index contributed by atoms with van der Waals surface area (Å²) in [5.74, 6) is -6.55. The summed E-state index contributed by atoms with van der Waals surface area (Å²) in [6.07, 6.45) is -2.07. The van der Waals surface area contributed by atoms with Gasteiger partial charge in [-0.15, -0.1) is 0 Å². The van der Waals surface area contributed by atoms with Crippen LogP contribution >= 0.6 is 0 Å². The average molecular weight is 388 g/mol. The van der Waals surface area contributed by atoms with Crippen LogP contribution in [0.4, 0.5) is 0 Å². The van der Waals surface area contributed by atoms with Crippen LogP contribution in [0.5, 0.6) is 0 Å². The van der Waals surface area contributed by atoms with Crippen LogP contribution in [0.3, 0.4) is 0 Å². The van der Waals surface area contributed by atoms with Crippen LogP contribution in [0.1, 0.15) is 54.4 Å². The fourth-order valence-electron chi connectivity index (χ4n) is 3.45. The molecule has 1 fully saturated rings. The normalized spacial score (nSPS) is 29.9. The standard InChI is InChI=1S/C18H28O9/c1-7-14(24-11(4)19)9(2)16-10(3)15(25-12(5)20)8-18(27-16,17(22)23)26-13(6)21/h9-10,14-16H,7-8H2,1-6H3,(H,22,23)/t9?,10-,14?,15-,16?,18+/m1/s1. The van der Waals surface area contributed by atoms with E-state index in [9.17, 15) is 24.3 Å². The predicted molar refractivity (Wildman–Crippen MR) is 91.3 cm³/mol. The number of aliphatic carboxylic acids is 1. The second-order valence-corrected chi connectivity index (χ2v) is 6.86. The molecule has 0 aromatic carbocycles. The SMILES string of the molecule is CCC(OC(C)=O)C(C)C1O[C@](OC(C)=O)(C(=O)O)C[C@@H](OC(C)=O)[C@H]1C. The number of carbonyl (C=O) groups excluding carboxylic acids is 3. The van der Waals surface area contributed by atoms with Crippen molar-refractivity contribution in [3.8, 4) is 0 Å². The van der Waals surface area contributed by atoms with E-state index >= 15 is 0 Å². The van der Waals surface area contributed by atoms with Crippen molar-refractivity contribution in [2.75, 3.05) is 0 Å². The van der Waals surface area contributed by atoms with Crippen LogP contribution in [-0.4, -0.2) is 53.1 Å². The topological polar surface area (TPSA) is 125 Å². The Bertz CT molecular complexity index is 587. The second kappa shape index (κ2) is 9.16. The molecule has 0 saturated carbocycles. The minimum atomic E-state index is -2.29. The van der Waals surface area contributed by atoms with Crippen molar-refractivity contribution in [1.82, 2.24) is 0 Å². The highest BCUT2D eigenvalue weighted by atomic mass is 16.7. The van der Waals surface area contributed by atoms with Gasteiger partial charge < -0.3 is 24.1 Å². The van der Waals surface area contributed by atoms with Crippen molar-refractivity contribution in [2.24, 2.45) is 11.8 Å². The lowest BCUT2D eigenvalue weighted by Crippen LogP contribution is -2.60. The molecule has 9 nitrogen and oxygen atoms in total. The van der Waals surface area contributed by atoms with Crippen molar-refractivity contribution in [3.05, 3.63) is 0 Å². The first kappa shape index (κ1) is 22.9. The Hall–Kier alpha value is -2.16. The third-order valence-electron chi connectivity index (χ3n) is 4.68. The highest BCUT2D eigenvalue weighted by molar-refractivity contribution is 5.80. The molecule has 3 unspecified atom stereocenters. The average Bonchev–Trinajstić information content (AvgIpc) is 2.53. The highest BCUT2D eigenvalue weighted by Gasteiger charge is 2.56. The zero-order chi connectivity index (χ0) is 20.9. The summed E-state index contributed by atoms with van der Waals surface area (Å²) >= 11 is 0. The minimum absolute atomic E-state index is 0.337. The first-order valence-electron chi connectivity index (χ1n) is 8.88. The van der Waals surface area contributed by atoms with Crippen LogP contribution in [-0.2, 0) is 38.1 Å². The van der Waals surface area contributed by atoms with E-state index in [1.165, 1.54) is 13.8 Å². The van der Waals surface area contributed by atoms with Gasteiger partial charge in [-0.25, -0.2) is 4.79 Å². The molecule has 0 bridgehead atoms. The van der Waals surface area contributed by atoms with Gasteiger partial charge >= 0.3 is 29.7 Å². The molecule has 6 atom stereocenters. The number of esters is 3. The maximum Gasteiger partial charge on any atom is 0.377 e. The molecule has 1 aliphatic heterocycles. The summed E-state index contributed by atoms with van der Waals surface area (Å²) in [6.45, 7) is 8.87. The first-order chi connectivity index (χ1) is 12.4. The van der Waals surface area contributed by atoms with Gasteiger partial charge in [0.2, 0.25) is 0 Å². The Morgan fingerprint density at radius 2 is 1.74 bits per heavy atom. The third kappa shape index (κ3) is 5.66. The molecule has 0 aromatic rings. The van der Waals surface area contributed by atoms with E-state index in [0.29, 0.717) is 6.42 Å². The maximum absolute atomic E-state index is 11.9. The monoisotopic (exact) mass is 388 g/mol. The van der Waals surface area contributed by atoms with Crippen LogP contribution in [0.2, 0.25) is 0 Å². The van der Waals surface area contributed by atoms with Gasteiger partial charge in [-0.1, -0.05) is 20.8 Å². The second-order valence-electron chi connectivity index (χ2n) is 6.86. The molecule has 1 saturated heterocycles. The molecular formula is C18H28O9. The van der Waals surface area contributed by atoms with Crippen LogP contribution < -0.4 is 0 Å². The van der Waals surface area contributed by atoms with Gasteiger partial charge in [-0.3, -0.25) is 14.4 Å². The smallest absolute Gasteiger partial charge is 0.377 e. The van der Waals surface area contributed by atoms with Crippen LogP contribution in [0.15, 0.2) is 0 Å². The molecular weight excluding hydrogens is 360 g/mol. The van der Waals surface area contributed by atoms with Gasteiger partial charge in [0.1, 0.15) is 12.2 Å². The number of rotatable bonds is 7. The molecule has 0 spiro atoms. The molecule has 1 rings (SSSR count). The van der Waals surface area contributed by atoms with Crippen molar-refractivity contribution >= 4 is 23.9 Å². The van der Waals surface area contributed by atoms with Gasteiger partial charge in [0, 0.05) is 32.6 Å². The van der Waals surface area contributed by atoms with E-state index in [1.54, 1.807) is 13.8 Å². The van der Waals surface area contributed by atoms with E-state index in [1.807, 2.05) is 6.92 Å². The minimum Gasteiger partial charge on any atom is -0.476 e. The zero-order valence-corrected chi connectivity index (χ0v) is 16.5. The van der Waals surface area contributed by atoms with Crippen molar-refractivity contribution < 1.29 is 43.2 Å². The molecule has 0 aromatic heterocycles. The Kier molecular flexibility index (Phi) is 7.77. The maximum atomic E-state index is 11.9. The molecule has 0 aliphatic carbocycles. The van der Waals surface area contributed by atoms with Gasteiger partial charge in [0.15, 0.2) is 0 Å². The summed E-state index contributed by atoms with van der Waals surface area (Å²) in [5, 5.41) is 9.69. The number of ether oxygens (including phenoxy) is 4. The Morgan fingerprint density at radius 1 is 1.15 bits per heavy atom. The number of carboxylic acids is 1. The molecule has 1 heterocycles. The van der Waals surface area contributed by atoms with Crippen molar-refractivity contribution in [3.63, 3.8) is 0 Å². The number of hydrogen-bond acceptors (Lipinski definition) is 8. The van der Waals surface area contributed by atoms with E-state index in [2.05, 4.69) is 0 Å². The molecule has 1 N–H and O–H groups in total. The Labute approximate surface area is 158 Å². The number of hydrogen-bond donors (Lipinski definition) is 1. The summed E-state index contributed by atoms with van der Waals surface area (Å²) in [6, 6.07) is 0. The summed E-state index contributed by atoms with van der Waals surface area (Å²) < 4.78 is 21.4. The largest absolute Gasteiger partial charge is 0.476 e. The summed E-state index contributed by atoms with van der Waals surface area (Å²) in [4.78, 5) is 46.3. The number of carbonyl (C=O) groups is 4. The number of carboxylic acid groups (broad SMARTS) is 1. The van der Waals surface area contributed by atoms with Crippen LogP contribution in [0.25, 0.3) is 0 Å². The first-order valence-corrected chi connectivity index (χ1v) is 8.88. The van der Waals surface area contributed by atoms with Gasteiger partial charge in [-0.2, -0.15) is 0 Å². The molecule has 154 valence electrons. The molecule has 0 radical (unpaired) electrons. The zero-order valence-electron chi connectivity index (χ0n) is 16.5. The van der Waals surface area contributed by atoms with E-state index < -0.39 is 59.8 Å². The third-order valence-corrected chi connectivity index (χ3v) is 4.68. The molecule has 1 aliphatic rings. The van der Waals surface area contributed by atoms with Gasteiger partial charge in [0.05, 0.1) is 12.5 Å². The lowest BCUT2D eigenvalue weighted by atomic mass is 9.80. The van der Waals surface area contributed by atoms with Crippen molar-refractivity contribution in [1.29, 1.82) is 0 Å². The fourth-order valence-corrected chi connectivity index (χ4v) is 3.45. The molecule has 9 heteroatoms. The van der Waals surface area contributed by atoms with Crippen LogP contribution in [0, 0.1) is 11.8 Å². The highest BCUT2D eigenvalue weighted by Crippen LogP contribution is 2.40. The van der Waals surface area contributed by atoms with Gasteiger partial charge in [0.25, 0.3) is 0 Å². The Balaban J connectivity index is 3.29. The van der Waals surface area contributed by atoms with E-state index in [0.717, 1.165) is 6.92 Å². The summed E-state index contributed by atoms with van der Waals surface area (Å²) in [5.41, 5.74) is 0. The van der Waals surface area contributed by atoms with E-state index in [4.69, 9.17) is 18.9 Å². The molecule has 27 heavy (non-hydrogen) atoms. The lowest BCUT2D eigenvalue weighted by molar-refractivity contribution is -0.301.